The Balaban J connectivity index is 2.61. The summed E-state index contributed by atoms with van der Waals surface area (Å²) in [4.78, 5) is 10.8. The van der Waals surface area contributed by atoms with Crippen LogP contribution in [0.1, 0.15) is 11.1 Å². The number of hydrogen-bond donors (Lipinski definition) is 1. The van der Waals surface area contributed by atoms with E-state index in [9.17, 15) is 18.0 Å². The minimum Gasteiger partial charge on any atom is -0.481 e. The molecule has 1 N–H and O–H groups in total. The predicted molar refractivity (Wildman–Crippen MR) is 68.2 cm³/mol. The van der Waals surface area contributed by atoms with E-state index in [-0.39, 0.29) is 12.0 Å². The summed E-state index contributed by atoms with van der Waals surface area (Å²) in [5.41, 5.74) is -0.116. The van der Waals surface area contributed by atoms with Gasteiger partial charge in [0.05, 0.1) is 12.0 Å². The van der Waals surface area contributed by atoms with Gasteiger partial charge in [-0.1, -0.05) is 42.5 Å². The highest BCUT2D eigenvalue weighted by atomic mass is 19.4. The highest BCUT2D eigenvalue weighted by Gasteiger charge is 2.33. The molecule has 0 unspecified atom stereocenters. The molecule has 20 heavy (non-hydrogen) atoms. The lowest BCUT2D eigenvalue weighted by molar-refractivity contribution is -0.137. The first-order valence-electron chi connectivity index (χ1n) is 5.86. The summed E-state index contributed by atoms with van der Waals surface area (Å²) in [6.45, 7) is 0. The van der Waals surface area contributed by atoms with Gasteiger partial charge in [-0.05, 0) is 22.8 Å². The number of rotatable bonds is 3. The van der Waals surface area contributed by atoms with Crippen molar-refractivity contribution in [2.45, 2.75) is 12.6 Å². The molecule has 0 bridgehead atoms. The Morgan fingerprint density at radius 3 is 2.10 bits per heavy atom. The number of halogens is 3. The highest BCUT2D eigenvalue weighted by molar-refractivity contribution is 5.78. The zero-order chi connectivity index (χ0) is 14.8. The fraction of sp³-hybridized carbons (Fsp3) is 0.133. The SMILES string of the molecule is O=C(O)Cc1ccccc1-c1ccccc1C(F)(F)F. The second-order valence-corrected chi connectivity index (χ2v) is 4.27. The number of alkyl halides is 3. The zero-order valence-electron chi connectivity index (χ0n) is 10.3. The maximum absolute atomic E-state index is 13.0. The summed E-state index contributed by atoms with van der Waals surface area (Å²) >= 11 is 0. The first kappa shape index (κ1) is 14.1. The third-order valence-corrected chi connectivity index (χ3v) is 2.88. The number of carbonyl (C=O) groups is 1. The monoisotopic (exact) mass is 280 g/mol. The van der Waals surface area contributed by atoms with E-state index in [0.29, 0.717) is 11.1 Å². The lowest BCUT2D eigenvalue weighted by Crippen LogP contribution is -2.08. The van der Waals surface area contributed by atoms with Crippen LogP contribution >= 0.6 is 0 Å². The molecule has 0 aliphatic rings. The second kappa shape index (κ2) is 5.36. The lowest BCUT2D eigenvalue weighted by Gasteiger charge is -2.15. The molecule has 0 aromatic heterocycles. The van der Waals surface area contributed by atoms with E-state index in [0.717, 1.165) is 6.07 Å². The fourth-order valence-electron chi connectivity index (χ4n) is 2.07. The Morgan fingerprint density at radius 1 is 0.950 bits per heavy atom. The number of aliphatic carboxylic acids is 1. The van der Waals surface area contributed by atoms with Crippen LogP contribution in [-0.2, 0) is 17.4 Å². The second-order valence-electron chi connectivity index (χ2n) is 4.27. The molecular weight excluding hydrogens is 269 g/mol. The molecule has 0 aliphatic carbocycles. The van der Waals surface area contributed by atoms with Crippen LogP contribution in [0.5, 0.6) is 0 Å². The van der Waals surface area contributed by atoms with Crippen LogP contribution in [0.4, 0.5) is 13.2 Å². The van der Waals surface area contributed by atoms with E-state index >= 15 is 0 Å². The van der Waals surface area contributed by atoms with E-state index in [4.69, 9.17) is 5.11 Å². The molecule has 104 valence electrons. The van der Waals surface area contributed by atoms with E-state index in [1.54, 1.807) is 12.1 Å². The van der Waals surface area contributed by atoms with E-state index in [1.165, 1.54) is 30.3 Å². The van der Waals surface area contributed by atoms with Gasteiger partial charge in [-0.3, -0.25) is 4.79 Å². The van der Waals surface area contributed by atoms with Gasteiger partial charge in [-0.25, -0.2) is 0 Å². The summed E-state index contributed by atoms with van der Waals surface area (Å²) in [7, 11) is 0. The van der Waals surface area contributed by atoms with Crippen molar-refractivity contribution in [1.82, 2.24) is 0 Å². The molecule has 0 saturated heterocycles. The van der Waals surface area contributed by atoms with Crippen molar-refractivity contribution in [1.29, 1.82) is 0 Å². The molecule has 0 amide bonds. The van der Waals surface area contributed by atoms with Crippen molar-refractivity contribution in [2.75, 3.05) is 0 Å². The van der Waals surface area contributed by atoms with Gasteiger partial charge >= 0.3 is 12.1 Å². The van der Waals surface area contributed by atoms with Crippen LogP contribution in [0.2, 0.25) is 0 Å². The molecule has 2 nitrogen and oxygen atoms in total. The maximum atomic E-state index is 13.0. The van der Waals surface area contributed by atoms with Crippen molar-refractivity contribution in [3.8, 4) is 11.1 Å². The van der Waals surface area contributed by atoms with Crippen molar-refractivity contribution in [2.24, 2.45) is 0 Å². The fourth-order valence-corrected chi connectivity index (χ4v) is 2.07. The van der Waals surface area contributed by atoms with E-state index in [1.807, 2.05) is 0 Å². The maximum Gasteiger partial charge on any atom is 0.417 e. The Morgan fingerprint density at radius 2 is 1.50 bits per heavy atom. The van der Waals surface area contributed by atoms with Crippen molar-refractivity contribution < 1.29 is 23.1 Å². The van der Waals surface area contributed by atoms with Gasteiger partial charge in [0, 0.05) is 0 Å². The minimum atomic E-state index is -4.48. The van der Waals surface area contributed by atoms with Crippen LogP contribution in [-0.4, -0.2) is 11.1 Å². The highest BCUT2D eigenvalue weighted by Crippen LogP contribution is 2.38. The molecule has 0 atom stereocenters. The number of carboxylic acid groups (broad SMARTS) is 1. The lowest BCUT2D eigenvalue weighted by atomic mass is 9.94. The van der Waals surface area contributed by atoms with Gasteiger partial charge in [0.25, 0.3) is 0 Å². The smallest absolute Gasteiger partial charge is 0.417 e. The normalized spacial score (nSPS) is 11.3. The molecule has 0 aliphatic heterocycles. The molecule has 0 heterocycles. The largest absolute Gasteiger partial charge is 0.481 e. The van der Waals surface area contributed by atoms with Gasteiger partial charge in [-0.15, -0.1) is 0 Å². The van der Waals surface area contributed by atoms with Crippen molar-refractivity contribution in [3.63, 3.8) is 0 Å². The first-order chi connectivity index (χ1) is 9.39. The van der Waals surface area contributed by atoms with Crippen LogP contribution in [0.3, 0.4) is 0 Å². The predicted octanol–water partition coefficient (Wildman–Crippen LogP) is 4.00. The van der Waals surface area contributed by atoms with Gasteiger partial charge in [0.1, 0.15) is 0 Å². The summed E-state index contributed by atoms with van der Waals surface area (Å²) in [6.07, 6.45) is -4.80. The Bertz CT molecular complexity index is 633. The molecule has 0 fully saturated rings. The summed E-state index contributed by atoms with van der Waals surface area (Å²) < 4.78 is 39.0. The molecule has 2 aromatic carbocycles. The third kappa shape index (κ3) is 2.99. The summed E-state index contributed by atoms with van der Waals surface area (Å²) in [5.74, 6) is -1.08. The average molecular weight is 280 g/mol. The Kier molecular flexibility index (Phi) is 3.79. The van der Waals surface area contributed by atoms with E-state index < -0.39 is 17.7 Å². The van der Waals surface area contributed by atoms with Crippen molar-refractivity contribution in [3.05, 3.63) is 59.7 Å². The molecule has 2 aromatic rings. The number of carboxylic acids is 1. The number of hydrogen-bond acceptors (Lipinski definition) is 1. The quantitative estimate of drug-likeness (QED) is 0.922. The van der Waals surface area contributed by atoms with Gasteiger partial charge < -0.3 is 5.11 Å². The van der Waals surface area contributed by atoms with Crippen LogP contribution in [0.25, 0.3) is 11.1 Å². The molecule has 5 heteroatoms. The summed E-state index contributed by atoms with van der Waals surface area (Å²) in [5, 5.41) is 8.85. The molecule has 0 saturated carbocycles. The molecular formula is C15H11F3O2. The summed E-state index contributed by atoms with van der Waals surface area (Å²) in [6, 6.07) is 11.4. The average Bonchev–Trinajstić information content (AvgIpc) is 2.38. The van der Waals surface area contributed by atoms with Crippen LogP contribution < -0.4 is 0 Å². The first-order valence-corrected chi connectivity index (χ1v) is 5.86. The third-order valence-electron chi connectivity index (χ3n) is 2.88. The molecule has 0 radical (unpaired) electrons. The zero-order valence-corrected chi connectivity index (χ0v) is 10.3. The topological polar surface area (TPSA) is 37.3 Å². The van der Waals surface area contributed by atoms with Gasteiger partial charge in [0.15, 0.2) is 0 Å². The van der Waals surface area contributed by atoms with Crippen LogP contribution in [0, 0.1) is 0 Å². The molecule has 0 spiro atoms. The Hall–Kier alpha value is -2.30. The van der Waals surface area contributed by atoms with Gasteiger partial charge in [0.2, 0.25) is 0 Å². The van der Waals surface area contributed by atoms with Crippen LogP contribution in [0.15, 0.2) is 48.5 Å². The standard InChI is InChI=1S/C15H11F3O2/c16-15(17,18)13-8-4-3-7-12(13)11-6-2-1-5-10(11)9-14(19)20/h1-8H,9H2,(H,19,20). The number of benzene rings is 2. The molecule has 2 rings (SSSR count). The van der Waals surface area contributed by atoms with Gasteiger partial charge in [-0.2, -0.15) is 13.2 Å². The van der Waals surface area contributed by atoms with Crippen molar-refractivity contribution >= 4 is 5.97 Å². The minimum absolute atomic E-state index is 0.00292. The van der Waals surface area contributed by atoms with E-state index in [2.05, 4.69) is 0 Å². The Labute approximate surface area is 113 Å².